The molecular formula is C10H19NO5S. The van der Waals surface area contributed by atoms with Gasteiger partial charge in [-0.2, -0.15) is 0 Å². The van der Waals surface area contributed by atoms with Gasteiger partial charge in [0, 0.05) is 6.61 Å². The molecule has 6 nitrogen and oxygen atoms in total. The monoisotopic (exact) mass is 265 g/mol. The molecule has 3 N–H and O–H groups in total. The van der Waals surface area contributed by atoms with Gasteiger partial charge in [-0.05, 0) is 19.3 Å². The van der Waals surface area contributed by atoms with E-state index in [1.165, 1.54) is 0 Å². The van der Waals surface area contributed by atoms with Crippen LogP contribution in [0.1, 0.15) is 38.5 Å². The Hall–Kier alpha value is -0.660. The van der Waals surface area contributed by atoms with Gasteiger partial charge in [-0.1, -0.05) is 19.3 Å². The van der Waals surface area contributed by atoms with Gasteiger partial charge in [0.05, 0.1) is 5.25 Å². The first-order chi connectivity index (χ1) is 7.97. The highest BCUT2D eigenvalue weighted by atomic mass is 32.2. The van der Waals surface area contributed by atoms with Gasteiger partial charge in [-0.3, -0.25) is 4.79 Å². The first-order valence-corrected chi connectivity index (χ1v) is 7.37. The zero-order valence-corrected chi connectivity index (χ0v) is 10.4. The number of aliphatic carboxylic acids is 1. The standard InChI is InChI=1S/C10H19NO5S/c12-7-6-9(10(13)14)11-17(15,16)8-4-2-1-3-5-8/h8-9,11-12H,1-7H2,(H,13,14)/t9-/m1/s1. The number of hydrogen-bond acceptors (Lipinski definition) is 4. The van der Waals surface area contributed by atoms with Crippen LogP contribution in [0.15, 0.2) is 0 Å². The Kier molecular flexibility index (Phi) is 5.35. The molecule has 0 aliphatic heterocycles. The van der Waals surface area contributed by atoms with E-state index in [0.717, 1.165) is 19.3 Å². The van der Waals surface area contributed by atoms with Gasteiger partial charge in [-0.25, -0.2) is 13.1 Å². The Morgan fingerprint density at radius 1 is 1.29 bits per heavy atom. The third-order valence-corrected chi connectivity index (χ3v) is 4.98. The van der Waals surface area contributed by atoms with Crippen molar-refractivity contribution in [2.24, 2.45) is 0 Å². The van der Waals surface area contributed by atoms with Crippen molar-refractivity contribution in [1.29, 1.82) is 0 Å². The third-order valence-electron chi connectivity index (χ3n) is 3.01. The summed E-state index contributed by atoms with van der Waals surface area (Å²) in [7, 11) is -3.59. The SMILES string of the molecule is O=C(O)[C@@H](CCO)NS(=O)(=O)C1CCCCC1. The highest BCUT2D eigenvalue weighted by molar-refractivity contribution is 7.90. The Bertz CT molecular complexity index is 348. The molecule has 100 valence electrons. The van der Waals surface area contributed by atoms with Crippen LogP contribution in [0.3, 0.4) is 0 Å². The molecule has 1 fully saturated rings. The molecular weight excluding hydrogens is 246 g/mol. The smallest absolute Gasteiger partial charge is 0.321 e. The first kappa shape index (κ1) is 14.4. The molecule has 1 aliphatic rings. The van der Waals surface area contributed by atoms with E-state index < -0.39 is 27.3 Å². The molecule has 7 heteroatoms. The van der Waals surface area contributed by atoms with Gasteiger partial charge in [0.2, 0.25) is 10.0 Å². The molecule has 0 aromatic heterocycles. The minimum Gasteiger partial charge on any atom is -0.480 e. The van der Waals surface area contributed by atoms with E-state index in [0.29, 0.717) is 12.8 Å². The van der Waals surface area contributed by atoms with Crippen molar-refractivity contribution < 1.29 is 23.4 Å². The van der Waals surface area contributed by atoms with Crippen LogP contribution in [0.4, 0.5) is 0 Å². The maximum atomic E-state index is 11.9. The second kappa shape index (κ2) is 6.32. The number of carbonyl (C=O) groups is 1. The van der Waals surface area contributed by atoms with Crippen LogP contribution >= 0.6 is 0 Å². The van der Waals surface area contributed by atoms with Crippen molar-refractivity contribution in [2.75, 3.05) is 6.61 Å². The van der Waals surface area contributed by atoms with Crippen molar-refractivity contribution >= 4 is 16.0 Å². The molecule has 0 amide bonds. The molecule has 0 heterocycles. The number of aliphatic hydroxyl groups is 1. The van der Waals surface area contributed by atoms with Gasteiger partial charge < -0.3 is 10.2 Å². The van der Waals surface area contributed by atoms with Gasteiger partial charge in [0.15, 0.2) is 0 Å². The quantitative estimate of drug-likeness (QED) is 0.630. The zero-order chi connectivity index (χ0) is 12.9. The van der Waals surface area contributed by atoms with Crippen molar-refractivity contribution in [3.8, 4) is 0 Å². The molecule has 0 aromatic rings. The largest absolute Gasteiger partial charge is 0.480 e. The summed E-state index contributed by atoms with van der Waals surface area (Å²) >= 11 is 0. The zero-order valence-electron chi connectivity index (χ0n) is 9.63. The molecule has 1 saturated carbocycles. The Morgan fingerprint density at radius 3 is 2.35 bits per heavy atom. The molecule has 17 heavy (non-hydrogen) atoms. The molecule has 0 unspecified atom stereocenters. The fraction of sp³-hybridized carbons (Fsp3) is 0.900. The number of aliphatic hydroxyl groups excluding tert-OH is 1. The van der Waals surface area contributed by atoms with Crippen molar-refractivity contribution in [2.45, 2.75) is 49.8 Å². The van der Waals surface area contributed by atoms with E-state index in [-0.39, 0.29) is 13.0 Å². The predicted octanol–water partition coefficient (Wildman–Crippen LogP) is 0.0741. The Labute approximate surface area is 101 Å². The third kappa shape index (κ3) is 4.25. The van der Waals surface area contributed by atoms with E-state index in [1.807, 2.05) is 0 Å². The van der Waals surface area contributed by atoms with Crippen LogP contribution in [0.25, 0.3) is 0 Å². The summed E-state index contributed by atoms with van der Waals surface area (Å²) in [5, 5.41) is 17.0. The van der Waals surface area contributed by atoms with E-state index >= 15 is 0 Å². The lowest BCUT2D eigenvalue weighted by Crippen LogP contribution is -2.46. The summed E-state index contributed by atoms with van der Waals surface area (Å²) in [4.78, 5) is 10.8. The lowest BCUT2D eigenvalue weighted by Gasteiger charge is -2.24. The van der Waals surface area contributed by atoms with Gasteiger partial charge in [0.1, 0.15) is 6.04 Å². The van der Waals surface area contributed by atoms with Crippen molar-refractivity contribution in [1.82, 2.24) is 4.72 Å². The average molecular weight is 265 g/mol. The lowest BCUT2D eigenvalue weighted by atomic mass is 10.0. The highest BCUT2D eigenvalue weighted by Crippen LogP contribution is 2.23. The fourth-order valence-electron chi connectivity index (χ4n) is 2.03. The van der Waals surface area contributed by atoms with E-state index in [2.05, 4.69) is 4.72 Å². The fourth-order valence-corrected chi connectivity index (χ4v) is 3.79. The molecule has 1 atom stereocenters. The second-order valence-corrected chi connectivity index (χ2v) is 6.32. The average Bonchev–Trinajstić information content (AvgIpc) is 2.29. The summed E-state index contributed by atoms with van der Waals surface area (Å²) < 4.78 is 26.0. The second-order valence-electron chi connectivity index (χ2n) is 4.33. The number of hydrogen-bond donors (Lipinski definition) is 3. The van der Waals surface area contributed by atoms with E-state index in [4.69, 9.17) is 10.2 Å². The van der Waals surface area contributed by atoms with Crippen LogP contribution < -0.4 is 4.72 Å². The number of nitrogens with one attached hydrogen (secondary N) is 1. The lowest BCUT2D eigenvalue weighted by molar-refractivity contribution is -0.139. The van der Waals surface area contributed by atoms with Crippen LogP contribution in [0, 0.1) is 0 Å². The molecule has 1 aliphatic carbocycles. The molecule has 0 radical (unpaired) electrons. The first-order valence-electron chi connectivity index (χ1n) is 5.82. The Morgan fingerprint density at radius 2 is 1.88 bits per heavy atom. The number of rotatable bonds is 6. The van der Waals surface area contributed by atoms with Gasteiger partial charge >= 0.3 is 5.97 Å². The van der Waals surface area contributed by atoms with Crippen LogP contribution in [-0.4, -0.2) is 42.5 Å². The maximum absolute atomic E-state index is 11.9. The van der Waals surface area contributed by atoms with Crippen molar-refractivity contribution in [3.63, 3.8) is 0 Å². The van der Waals surface area contributed by atoms with Gasteiger partial charge in [-0.15, -0.1) is 0 Å². The maximum Gasteiger partial charge on any atom is 0.321 e. The van der Waals surface area contributed by atoms with Crippen LogP contribution in [0.2, 0.25) is 0 Å². The summed E-state index contributed by atoms with van der Waals surface area (Å²) in [6, 6.07) is -1.23. The minimum absolute atomic E-state index is 0.110. The van der Waals surface area contributed by atoms with Crippen LogP contribution in [-0.2, 0) is 14.8 Å². The van der Waals surface area contributed by atoms with E-state index in [9.17, 15) is 13.2 Å². The predicted molar refractivity (Wildman–Crippen MR) is 62.1 cm³/mol. The number of carboxylic acid groups (broad SMARTS) is 1. The highest BCUT2D eigenvalue weighted by Gasteiger charge is 2.31. The molecule has 0 saturated heterocycles. The number of carboxylic acids is 1. The normalized spacial score (nSPS) is 20.1. The molecule has 0 spiro atoms. The summed E-state index contributed by atoms with van der Waals surface area (Å²) in [5.74, 6) is -1.25. The summed E-state index contributed by atoms with van der Waals surface area (Å²) in [6.07, 6.45) is 3.82. The molecule has 0 bridgehead atoms. The van der Waals surface area contributed by atoms with Crippen molar-refractivity contribution in [3.05, 3.63) is 0 Å². The Balaban J connectivity index is 2.65. The summed E-state index contributed by atoms with van der Waals surface area (Å²) in [6.45, 7) is -0.357. The number of sulfonamides is 1. The van der Waals surface area contributed by atoms with Gasteiger partial charge in [0.25, 0.3) is 0 Å². The van der Waals surface area contributed by atoms with Crippen LogP contribution in [0.5, 0.6) is 0 Å². The molecule has 1 rings (SSSR count). The molecule has 0 aromatic carbocycles. The summed E-state index contributed by atoms with van der Waals surface area (Å²) in [5.41, 5.74) is 0. The van der Waals surface area contributed by atoms with E-state index in [1.54, 1.807) is 0 Å². The minimum atomic E-state index is -3.59. The topological polar surface area (TPSA) is 104 Å².